The zero-order valence-electron chi connectivity index (χ0n) is 12.1. The third kappa shape index (κ3) is 3.20. The SMILES string of the molecule is CC(NC(C)c1cccc2ccccc12)c1ccc(Br)s1. The molecule has 1 aromatic heterocycles. The number of rotatable bonds is 4. The lowest BCUT2D eigenvalue weighted by Gasteiger charge is -2.21. The van der Waals surface area contributed by atoms with Crippen LogP contribution in [-0.2, 0) is 0 Å². The maximum Gasteiger partial charge on any atom is 0.0701 e. The normalized spacial score (nSPS) is 14.2. The second kappa shape index (κ2) is 6.30. The molecule has 0 radical (unpaired) electrons. The number of benzene rings is 2. The molecule has 2 unspecified atom stereocenters. The molecule has 3 rings (SSSR count). The largest absolute Gasteiger partial charge is 0.303 e. The fourth-order valence-electron chi connectivity index (χ4n) is 2.74. The van der Waals surface area contributed by atoms with Gasteiger partial charge in [0, 0.05) is 17.0 Å². The molecule has 1 N–H and O–H groups in total. The van der Waals surface area contributed by atoms with Crippen molar-refractivity contribution in [2.45, 2.75) is 25.9 Å². The first-order valence-corrected chi connectivity index (χ1v) is 8.75. The van der Waals surface area contributed by atoms with Crippen LogP contribution < -0.4 is 5.32 Å². The van der Waals surface area contributed by atoms with E-state index in [0.717, 1.165) is 0 Å². The van der Waals surface area contributed by atoms with Crippen molar-refractivity contribution in [3.63, 3.8) is 0 Å². The Labute approximate surface area is 138 Å². The Morgan fingerprint density at radius 3 is 2.43 bits per heavy atom. The molecule has 21 heavy (non-hydrogen) atoms. The van der Waals surface area contributed by atoms with E-state index in [4.69, 9.17) is 0 Å². The number of nitrogens with one attached hydrogen (secondary N) is 1. The van der Waals surface area contributed by atoms with E-state index in [1.807, 2.05) is 0 Å². The number of thiophene rings is 1. The average Bonchev–Trinajstić information content (AvgIpc) is 2.93. The van der Waals surface area contributed by atoms with E-state index in [1.54, 1.807) is 11.3 Å². The summed E-state index contributed by atoms with van der Waals surface area (Å²) < 4.78 is 1.18. The van der Waals surface area contributed by atoms with Crippen LogP contribution >= 0.6 is 27.3 Å². The van der Waals surface area contributed by atoms with Gasteiger partial charge in [0.1, 0.15) is 0 Å². The van der Waals surface area contributed by atoms with Crippen molar-refractivity contribution >= 4 is 38.0 Å². The lowest BCUT2D eigenvalue weighted by atomic mass is 9.99. The molecule has 0 aliphatic carbocycles. The van der Waals surface area contributed by atoms with Crippen LogP contribution in [0.3, 0.4) is 0 Å². The lowest BCUT2D eigenvalue weighted by Crippen LogP contribution is -2.22. The van der Waals surface area contributed by atoms with Crippen molar-refractivity contribution in [3.8, 4) is 0 Å². The van der Waals surface area contributed by atoms with E-state index in [-0.39, 0.29) is 0 Å². The van der Waals surface area contributed by atoms with Crippen LogP contribution in [0, 0.1) is 0 Å². The van der Waals surface area contributed by atoms with Crippen molar-refractivity contribution in [1.29, 1.82) is 0 Å². The van der Waals surface area contributed by atoms with Crippen LogP contribution in [-0.4, -0.2) is 0 Å². The molecule has 0 bridgehead atoms. The van der Waals surface area contributed by atoms with Gasteiger partial charge in [0.05, 0.1) is 3.79 Å². The minimum absolute atomic E-state index is 0.312. The van der Waals surface area contributed by atoms with Crippen molar-refractivity contribution in [2.75, 3.05) is 0 Å². The zero-order valence-corrected chi connectivity index (χ0v) is 14.5. The second-order valence-corrected chi connectivity index (χ2v) is 7.81. The minimum Gasteiger partial charge on any atom is -0.303 e. The first-order valence-electron chi connectivity index (χ1n) is 7.14. The van der Waals surface area contributed by atoms with Gasteiger partial charge in [0.15, 0.2) is 0 Å². The molecule has 3 heteroatoms. The molecule has 0 amide bonds. The van der Waals surface area contributed by atoms with E-state index in [1.165, 1.54) is 25.0 Å². The molecule has 0 aliphatic rings. The first kappa shape index (κ1) is 14.8. The van der Waals surface area contributed by atoms with Crippen LogP contribution in [0.4, 0.5) is 0 Å². The molecule has 1 heterocycles. The summed E-state index contributed by atoms with van der Waals surface area (Å²) in [6.45, 7) is 4.46. The van der Waals surface area contributed by atoms with Crippen molar-refractivity contribution in [1.82, 2.24) is 5.32 Å². The van der Waals surface area contributed by atoms with E-state index in [2.05, 4.69) is 89.7 Å². The fourth-order valence-corrected chi connectivity index (χ4v) is 4.17. The minimum atomic E-state index is 0.312. The Morgan fingerprint density at radius 1 is 0.905 bits per heavy atom. The van der Waals surface area contributed by atoms with Gasteiger partial charge in [-0.15, -0.1) is 11.3 Å². The van der Waals surface area contributed by atoms with Gasteiger partial charge in [-0.3, -0.25) is 0 Å². The Bertz CT molecular complexity index is 744. The maximum absolute atomic E-state index is 3.71. The third-order valence-corrected chi connectivity index (χ3v) is 5.62. The Balaban J connectivity index is 1.85. The molecule has 0 spiro atoms. The smallest absolute Gasteiger partial charge is 0.0701 e. The molecule has 2 aromatic carbocycles. The predicted octanol–water partition coefficient (Wildman–Crippen LogP) is 6.08. The third-order valence-electron chi connectivity index (χ3n) is 3.81. The van der Waals surface area contributed by atoms with E-state index in [0.29, 0.717) is 12.1 Å². The van der Waals surface area contributed by atoms with Gasteiger partial charge < -0.3 is 5.32 Å². The highest BCUT2D eigenvalue weighted by Gasteiger charge is 2.14. The number of hydrogen-bond acceptors (Lipinski definition) is 2. The molecular weight excluding hydrogens is 342 g/mol. The maximum atomic E-state index is 3.71. The van der Waals surface area contributed by atoms with Crippen LogP contribution in [0.2, 0.25) is 0 Å². The Hall–Kier alpha value is -1.16. The molecule has 0 saturated carbocycles. The summed E-state index contributed by atoms with van der Waals surface area (Å²) in [5.41, 5.74) is 1.36. The second-order valence-electron chi connectivity index (χ2n) is 5.32. The monoisotopic (exact) mass is 359 g/mol. The molecular formula is C18H18BrNS. The summed E-state index contributed by atoms with van der Waals surface area (Å²) in [5.74, 6) is 0. The predicted molar refractivity (Wildman–Crippen MR) is 95.9 cm³/mol. The van der Waals surface area contributed by atoms with Gasteiger partial charge in [-0.05, 0) is 58.2 Å². The van der Waals surface area contributed by atoms with Crippen molar-refractivity contribution in [3.05, 3.63) is 68.8 Å². The number of halogens is 1. The molecule has 2 atom stereocenters. The highest BCUT2D eigenvalue weighted by Crippen LogP contribution is 2.30. The van der Waals surface area contributed by atoms with Gasteiger partial charge in [-0.1, -0.05) is 42.5 Å². The van der Waals surface area contributed by atoms with Crippen LogP contribution in [0.25, 0.3) is 10.8 Å². The molecule has 3 aromatic rings. The first-order chi connectivity index (χ1) is 10.1. The summed E-state index contributed by atoms with van der Waals surface area (Å²) in [6, 6.07) is 20.1. The standard InChI is InChI=1S/C18H18BrNS/c1-12(20-13(2)17-10-11-18(19)21-17)15-9-5-7-14-6-3-4-8-16(14)15/h3-13,20H,1-2H3. The number of fused-ring (bicyclic) bond motifs is 1. The lowest BCUT2D eigenvalue weighted by molar-refractivity contribution is 0.502. The topological polar surface area (TPSA) is 12.0 Å². The van der Waals surface area contributed by atoms with Gasteiger partial charge in [-0.2, -0.15) is 0 Å². The highest BCUT2D eigenvalue weighted by molar-refractivity contribution is 9.11. The van der Waals surface area contributed by atoms with E-state index < -0.39 is 0 Å². The summed E-state index contributed by atoms with van der Waals surface area (Å²) in [7, 11) is 0. The highest BCUT2D eigenvalue weighted by atomic mass is 79.9. The summed E-state index contributed by atoms with van der Waals surface area (Å²) in [4.78, 5) is 1.36. The summed E-state index contributed by atoms with van der Waals surface area (Å²) >= 11 is 5.33. The molecule has 0 aliphatic heterocycles. The van der Waals surface area contributed by atoms with Crippen LogP contribution in [0.15, 0.2) is 58.4 Å². The van der Waals surface area contributed by atoms with Crippen LogP contribution in [0.5, 0.6) is 0 Å². The Kier molecular flexibility index (Phi) is 4.43. The van der Waals surface area contributed by atoms with Crippen LogP contribution in [0.1, 0.15) is 36.4 Å². The van der Waals surface area contributed by atoms with Gasteiger partial charge in [-0.25, -0.2) is 0 Å². The zero-order chi connectivity index (χ0) is 14.8. The summed E-state index contributed by atoms with van der Waals surface area (Å²) in [6.07, 6.45) is 0. The van der Waals surface area contributed by atoms with Gasteiger partial charge in [0.2, 0.25) is 0 Å². The quantitative estimate of drug-likeness (QED) is 0.595. The summed E-state index contributed by atoms with van der Waals surface area (Å²) in [5, 5.41) is 6.34. The van der Waals surface area contributed by atoms with Crippen molar-refractivity contribution < 1.29 is 0 Å². The molecule has 108 valence electrons. The molecule has 0 saturated heterocycles. The van der Waals surface area contributed by atoms with Gasteiger partial charge >= 0.3 is 0 Å². The Morgan fingerprint density at radius 2 is 1.67 bits per heavy atom. The molecule has 1 nitrogen and oxygen atoms in total. The van der Waals surface area contributed by atoms with Gasteiger partial charge in [0.25, 0.3) is 0 Å². The van der Waals surface area contributed by atoms with Crippen molar-refractivity contribution in [2.24, 2.45) is 0 Å². The number of hydrogen-bond donors (Lipinski definition) is 1. The molecule has 0 fully saturated rings. The average molecular weight is 360 g/mol. The van der Waals surface area contributed by atoms with E-state index in [9.17, 15) is 0 Å². The fraction of sp³-hybridized carbons (Fsp3) is 0.222. The van der Waals surface area contributed by atoms with E-state index >= 15 is 0 Å².